The normalized spacial score (nSPS) is 10.9. The van der Waals surface area contributed by atoms with Crippen LogP contribution in [0.1, 0.15) is 29.3 Å². The van der Waals surface area contributed by atoms with Crippen molar-refractivity contribution in [2.24, 2.45) is 7.05 Å². The van der Waals surface area contributed by atoms with E-state index in [1.54, 1.807) is 11.3 Å². The van der Waals surface area contributed by atoms with Gasteiger partial charge in [-0.3, -0.25) is 4.79 Å². The standard InChI is InChI=1S/C13H17N3OS/c1-8(2)14-13(17)12-5-10(6-16(12)4)11-7-18-9(3)15-11/h5-8H,1-4H3,(H,14,17). The molecule has 0 radical (unpaired) electrons. The Morgan fingerprint density at radius 1 is 1.50 bits per heavy atom. The van der Waals surface area contributed by atoms with Gasteiger partial charge in [0.25, 0.3) is 5.91 Å². The van der Waals surface area contributed by atoms with E-state index in [2.05, 4.69) is 10.3 Å². The van der Waals surface area contributed by atoms with E-state index >= 15 is 0 Å². The summed E-state index contributed by atoms with van der Waals surface area (Å²) in [4.78, 5) is 16.4. The van der Waals surface area contributed by atoms with Crippen LogP contribution in [0.2, 0.25) is 0 Å². The first-order valence-corrected chi connectivity index (χ1v) is 6.75. The zero-order valence-corrected chi connectivity index (χ0v) is 11.8. The molecule has 1 N–H and O–H groups in total. The van der Waals surface area contributed by atoms with E-state index in [-0.39, 0.29) is 11.9 Å². The lowest BCUT2D eigenvalue weighted by molar-refractivity contribution is 0.0935. The van der Waals surface area contributed by atoms with Gasteiger partial charge >= 0.3 is 0 Å². The fourth-order valence-corrected chi connectivity index (χ4v) is 2.38. The summed E-state index contributed by atoms with van der Waals surface area (Å²) in [5, 5.41) is 5.93. The Labute approximate surface area is 111 Å². The van der Waals surface area contributed by atoms with E-state index in [1.807, 2.05) is 50.0 Å². The molecule has 18 heavy (non-hydrogen) atoms. The summed E-state index contributed by atoms with van der Waals surface area (Å²) >= 11 is 1.61. The van der Waals surface area contributed by atoms with E-state index in [4.69, 9.17) is 0 Å². The van der Waals surface area contributed by atoms with Gasteiger partial charge in [0.05, 0.1) is 10.7 Å². The van der Waals surface area contributed by atoms with Gasteiger partial charge < -0.3 is 9.88 Å². The van der Waals surface area contributed by atoms with Gasteiger partial charge in [0.1, 0.15) is 5.69 Å². The Balaban J connectivity index is 2.29. The van der Waals surface area contributed by atoms with Crippen molar-refractivity contribution in [3.8, 4) is 11.3 Å². The molecule has 5 heteroatoms. The van der Waals surface area contributed by atoms with E-state index < -0.39 is 0 Å². The molecule has 1 amide bonds. The smallest absolute Gasteiger partial charge is 0.268 e. The fraction of sp³-hybridized carbons (Fsp3) is 0.385. The molecular formula is C13H17N3OS. The Bertz CT molecular complexity index is 569. The summed E-state index contributed by atoms with van der Waals surface area (Å²) < 4.78 is 1.84. The van der Waals surface area contributed by atoms with Crippen molar-refractivity contribution in [3.63, 3.8) is 0 Å². The number of aromatic nitrogens is 2. The number of hydrogen-bond acceptors (Lipinski definition) is 3. The van der Waals surface area contributed by atoms with E-state index in [0.29, 0.717) is 5.69 Å². The molecule has 2 rings (SSSR count). The summed E-state index contributed by atoms with van der Waals surface area (Å²) in [6.45, 7) is 5.88. The molecule has 0 aliphatic carbocycles. The van der Waals surface area contributed by atoms with Gasteiger partial charge in [-0.05, 0) is 26.8 Å². The van der Waals surface area contributed by atoms with Crippen LogP contribution in [0.25, 0.3) is 11.3 Å². The third-order valence-electron chi connectivity index (χ3n) is 2.57. The van der Waals surface area contributed by atoms with Crippen molar-refractivity contribution in [3.05, 3.63) is 28.3 Å². The van der Waals surface area contributed by atoms with Gasteiger partial charge in [0, 0.05) is 30.2 Å². The van der Waals surface area contributed by atoms with Crippen LogP contribution in [-0.4, -0.2) is 21.5 Å². The average Bonchev–Trinajstić information content (AvgIpc) is 2.83. The number of carbonyl (C=O) groups excluding carboxylic acids is 1. The maximum Gasteiger partial charge on any atom is 0.268 e. The molecule has 0 saturated heterocycles. The van der Waals surface area contributed by atoms with E-state index in [1.165, 1.54) is 0 Å². The molecule has 0 atom stereocenters. The molecule has 0 aromatic carbocycles. The zero-order valence-electron chi connectivity index (χ0n) is 11.0. The lowest BCUT2D eigenvalue weighted by Gasteiger charge is -2.08. The van der Waals surface area contributed by atoms with Crippen LogP contribution in [0.4, 0.5) is 0 Å². The molecule has 96 valence electrons. The monoisotopic (exact) mass is 263 g/mol. The van der Waals surface area contributed by atoms with Crippen molar-refractivity contribution < 1.29 is 4.79 Å². The molecule has 2 heterocycles. The minimum atomic E-state index is -0.0503. The van der Waals surface area contributed by atoms with Crippen molar-refractivity contribution in [1.29, 1.82) is 0 Å². The molecule has 0 bridgehead atoms. The third kappa shape index (κ3) is 2.61. The first-order valence-electron chi connectivity index (χ1n) is 5.87. The van der Waals surface area contributed by atoms with E-state index in [9.17, 15) is 4.79 Å². The lowest BCUT2D eigenvalue weighted by Crippen LogP contribution is -2.31. The number of nitrogens with one attached hydrogen (secondary N) is 1. The Hall–Kier alpha value is -1.62. The van der Waals surface area contributed by atoms with Gasteiger partial charge in [-0.2, -0.15) is 0 Å². The second kappa shape index (κ2) is 4.94. The zero-order chi connectivity index (χ0) is 13.3. The predicted octanol–water partition coefficient (Wildman–Crippen LogP) is 2.60. The molecular weight excluding hydrogens is 246 g/mol. The van der Waals surface area contributed by atoms with Crippen molar-refractivity contribution in [2.75, 3.05) is 0 Å². The third-order valence-corrected chi connectivity index (χ3v) is 3.35. The van der Waals surface area contributed by atoms with Crippen LogP contribution in [0.3, 0.4) is 0 Å². The number of hydrogen-bond donors (Lipinski definition) is 1. The quantitative estimate of drug-likeness (QED) is 0.925. The molecule has 0 aliphatic rings. The highest BCUT2D eigenvalue weighted by atomic mass is 32.1. The average molecular weight is 263 g/mol. The summed E-state index contributed by atoms with van der Waals surface area (Å²) in [5.41, 5.74) is 2.57. The first-order chi connectivity index (χ1) is 8.47. The van der Waals surface area contributed by atoms with Crippen molar-refractivity contribution >= 4 is 17.2 Å². The number of rotatable bonds is 3. The Kier molecular flexibility index (Phi) is 3.52. The van der Waals surface area contributed by atoms with Crippen LogP contribution in [0.5, 0.6) is 0 Å². The summed E-state index contributed by atoms with van der Waals surface area (Å²) in [7, 11) is 1.87. The second-order valence-corrected chi connectivity index (χ2v) is 5.67. The molecule has 2 aromatic rings. The maximum atomic E-state index is 12.0. The largest absolute Gasteiger partial charge is 0.349 e. The molecule has 0 saturated carbocycles. The molecule has 2 aromatic heterocycles. The summed E-state index contributed by atoms with van der Waals surface area (Å²) in [5.74, 6) is -0.0503. The topological polar surface area (TPSA) is 46.9 Å². The van der Waals surface area contributed by atoms with Crippen LogP contribution >= 0.6 is 11.3 Å². The summed E-state index contributed by atoms with van der Waals surface area (Å²) in [6, 6.07) is 2.02. The minimum absolute atomic E-state index is 0.0503. The number of aryl methyl sites for hydroxylation is 2. The summed E-state index contributed by atoms with van der Waals surface area (Å²) in [6.07, 6.45) is 1.93. The molecule has 0 spiro atoms. The molecule has 0 unspecified atom stereocenters. The van der Waals surface area contributed by atoms with Crippen LogP contribution in [0, 0.1) is 6.92 Å². The van der Waals surface area contributed by atoms with Crippen molar-refractivity contribution in [1.82, 2.24) is 14.9 Å². The number of amides is 1. The molecule has 0 fully saturated rings. The van der Waals surface area contributed by atoms with Gasteiger partial charge in [0.2, 0.25) is 0 Å². The maximum absolute atomic E-state index is 12.0. The Morgan fingerprint density at radius 2 is 2.22 bits per heavy atom. The first kappa shape index (κ1) is 12.8. The minimum Gasteiger partial charge on any atom is -0.349 e. The highest BCUT2D eigenvalue weighted by Gasteiger charge is 2.14. The van der Waals surface area contributed by atoms with Gasteiger partial charge in [-0.25, -0.2) is 4.98 Å². The predicted molar refractivity (Wildman–Crippen MR) is 73.9 cm³/mol. The second-order valence-electron chi connectivity index (χ2n) is 4.60. The SMILES string of the molecule is Cc1nc(-c2cc(C(=O)NC(C)C)n(C)c2)cs1. The highest BCUT2D eigenvalue weighted by molar-refractivity contribution is 7.09. The Morgan fingerprint density at radius 3 is 2.78 bits per heavy atom. The fourth-order valence-electron chi connectivity index (χ4n) is 1.76. The van der Waals surface area contributed by atoms with Crippen LogP contribution < -0.4 is 5.32 Å². The van der Waals surface area contributed by atoms with Gasteiger partial charge in [-0.15, -0.1) is 11.3 Å². The molecule has 0 aliphatic heterocycles. The van der Waals surface area contributed by atoms with Crippen LogP contribution in [0.15, 0.2) is 17.6 Å². The van der Waals surface area contributed by atoms with Gasteiger partial charge in [0.15, 0.2) is 0 Å². The number of carbonyl (C=O) groups is 1. The van der Waals surface area contributed by atoms with E-state index in [0.717, 1.165) is 16.3 Å². The van der Waals surface area contributed by atoms with Gasteiger partial charge in [-0.1, -0.05) is 0 Å². The molecule has 4 nitrogen and oxygen atoms in total. The highest BCUT2D eigenvalue weighted by Crippen LogP contribution is 2.23. The number of nitrogens with zero attached hydrogens (tertiary/aromatic N) is 2. The van der Waals surface area contributed by atoms with Crippen molar-refractivity contribution in [2.45, 2.75) is 26.8 Å². The number of thiazole rings is 1. The lowest BCUT2D eigenvalue weighted by atomic mass is 10.2. The van der Waals surface area contributed by atoms with Crippen LogP contribution in [-0.2, 0) is 7.05 Å².